The van der Waals surface area contributed by atoms with Crippen LogP contribution in [0.15, 0.2) is 0 Å². The molecule has 0 spiro atoms. The quantitative estimate of drug-likeness (QED) is 0.376. The van der Waals surface area contributed by atoms with Crippen molar-refractivity contribution in [2.45, 2.75) is 79.7 Å². The van der Waals surface area contributed by atoms with Crippen LogP contribution < -0.4 is 21.7 Å². The number of carbonyl (C=O) groups is 1. The van der Waals surface area contributed by atoms with E-state index >= 15 is 0 Å². The van der Waals surface area contributed by atoms with Crippen molar-refractivity contribution in [3.63, 3.8) is 0 Å². The molecule has 10 heteroatoms. The largest absolute Gasteiger partial charge is 0.374 e. The van der Waals surface area contributed by atoms with Crippen LogP contribution in [-0.4, -0.2) is 44.4 Å². The first-order valence-electron chi connectivity index (χ1n) is 9.15. The van der Waals surface area contributed by atoms with Crippen LogP contribution in [0.25, 0.3) is 0 Å². The summed E-state index contributed by atoms with van der Waals surface area (Å²) in [6.07, 6.45) is 7.13. The predicted octanol–water partition coefficient (Wildman–Crippen LogP) is 2.22. The molecule has 0 radical (unpaired) electrons. The van der Waals surface area contributed by atoms with E-state index in [9.17, 15) is 10.1 Å². The standard InChI is InChI=1S/C17H25Cl2N5OS2/c18-10-3-1-5-12(7-10)22-15(26)17(9-20,14(21)25)24-16(27)23-13-6-2-4-11(19)8-13/h10-13H,1-8H2,(H2,21,25)(H,22,26)(H2,23,24,27)/t10?,11?,12?,13?,17-/m1/s1. The molecule has 2 fully saturated rings. The van der Waals surface area contributed by atoms with Crippen LogP contribution in [0.3, 0.4) is 0 Å². The van der Waals surface area contributed by atoms with Gasteiger partial charge < -0.3 is 21.7 Å². The second-order valence-corrected chi connectivity index (χ2v) is 9.27. The van der Waals surface area contributed by atoms with Gasteiger partial charge in [0.25, 0.3) is 11.4 Å². The van der Waals surface area contributed by atoms with Gasteiger partial charge in [0.2, 0.25) is 0 Å². The van der Waals surface area contributed by atoms with Gasteiger partial charge in [0, 0.05) is 22.8 Å². The molecular formula is C17H25Cl2N5OS2. The Balaban J connectivity index is 2.03. The van der Waals surface area contributed by atoms with Crippen LogP contribution >= 0.6 is 47.6 Å². The van der Waals surface area contributed by atoms with E-state index in [4.69, 9.17) is 53.4 Å². The minimum Gasteiger partial charge on any atom is -0.374 e. The lowest BCUT2D eigenvalue weighted by Crippen LogP contribution is -2.67. The van der Waals surface area contributed by atoms with Crippen molar-refractivity contribution in [3.05, 3.63) is 0 Å². The van der Waals surface area contributed by atoms with E-state index in [0.29, 0.717) is 6.42 Å². The fourth-order valence-corrected chi connectivity index (χ4v) is 4.99. The number of hydrogen-bond donors (Lipinski definition) is 4. The van der Waals surface area contributed by atoms with Crippen LogP contribution in [0, 0.1) is 11.3 Å². The van der Waals surface area contributed by atoms with Gasteiger partial charge in [-0.05, 0) is 63.6 Å². The van der Waals surface area contributed by atoms with E-state index in [-0.39, 0.29) is 32.9 Å². The first kappa shape index (κ1) is 22.4. The van der Waals surface area contributed by atoms with Crippen molar-refractivity contribution in [1.29, 1.82) is 5.26 Å². The molecule has 4 unspecified atom stereocenters. The summed E-state index contributed by atoms with van der Waals surface area (Å²) in [5.74, 6) is -0.899. The van der Waals surface area contributed by atoms with Crippen LogP contribution in [0.4, 0.5) is 0 Å². The summed E-state index contributed by atoms with van der Waals surface area (Å²) in [5, 5.41) is 19.0. The topological polar surface area (TPSA) is 103 Å². The molecule has 6 nitrogen and oxygen atoms in total. The summed E-state index contributed by atoms with van der Waals surface area (Å²) in [7, 11) is 0. The smallest absolute Gasteiger partial charge is 0.265 e. The van der Waals surface area contributed by atoms with E-state index in [2.05, 4.69) is 16.0 Å². The highest BCUT2D eigenvalue weighted by molar-refractivity contribution is 7.81. The average Bonchev–Trinajstić information content (AvgIpc) is 2.59. The molecule has 2 aliphatic carbocycles. The molecule has 0 heterocycles. The van der Waals surface area contributed by atoms with Gasteiger partial charge in [-0.15, -0.1) is 23.2 Å². The van der Waals surface area contributed by atoms with Crippen molar-refractivity contribution in [2.24, 2.45) is 5.73 Å². The van der Waals surface area contributed by atoms with Gasteiger partial charge in [-0.2, -0.15) is 5.26 Å². The second kappa shape index (κ2) is 10.1. The Morgan fingerprint density at radius 1 is 1.04 bits per heavy atom. The molecule has 0 aromatic heterocycles. The Kier molecular flexibility index (Phi) is 8.35. The first-order valence-corrected chi connectivity index (χ1v) is 10.8. The third kappa shape index (κ3) is 6.05. The molecule has 2 aliphatic rings. The Morgan fingerprint density at radius 3 is 2.00 bits per heavy atom. The molecule has 2 saturated carbocycles. The molecule has 0 aromatic rings. The number of rotatable bonds is 5. The second-order valence-electron chi connectivity index (χ2n) is 7.22. The molecule has 5 atom stereocenters. The van der Waals surface area contributed by atoms with E-state index in [0.717, 1.165) is 44.9 Å². The molecule has 5 N–H and O–H groups in total. The van der Waals surface area contributed by atoms with E-state index < -0.39 is 11.4 Å². The minimum atomic E-state index is -1.91. The highest BCUT2D eigenvalue weighted by Gasteiger charge is 2.44. The minimum absolute atomic E-state index is 0.000457. The average molecular weight is 450 g/mol. The molecular weight excluding hydrogens is 425 g/mol. The number of alkyl halides is 2. The van der Waals surface area contributed by atoms with Crippen molar-refractivity contribution in [3.8, 4) is 6.07 Å². The Morgan fingerprint density at radius 2 is 1.56 bits per heavy atom. The lowest BCUT2D eigenvalue weighted by Gasteiger charge is -2.34. The maximum atomic E-state index is 12.2. The van der Waals surface area contributed by atoms with Crippen LogP contribution in [0.5, 0.6) is 0 Å². The van der Waals surface area contributed by atoms with E-state index in [1.165, 1.54) is 0 Å². The Labute approximate surface area is 180 Å². The number of thiocarbonyl (C=S) groups is 2. The zero-order valence-corrected chi connectivity index (χ0v) is 18.1. The number of halogens is 2. The van der Waals surface area contributed by atoms with E-state index in [1.807, 2.05) is 6.07 Å². The molecule has 1 amide bonds. The monoisotopic (exact) mass is 449 g/mol. The summed E-state index contributed by atoms with van der Waals surface area (Å²) in [6.45, 7) is 0. The van der Waals surface area contributed by atoms with Gasteiger partial charge in [-0.3, -0.25) is 4.79 Å². The van der Waals surface area contributed by atoms with Gasteiger partial charge in [0.05, 0.1) is 0 Å². The summed E-state index contributed by atoms with van der Waals surface area (Å²) in [6, 6.07) is 2.00. The maximum absolute atomic E-state index is 12.2. The number of nitrogens with one attached hydrogen (secondary N) is 3. The lowest BCUT2D eigenvalue weighted by atomic mass is 9.93. The highest BCUT2D eigenvalue weighted by Crippen LogP contribution is 2.24. The number of nitriles is 1. The third-order valence-corrected chi connectivity index (χ3v) is 6.51. The zero-order chi connectivity index (χ0) is 20.0. The first-order chi connectivity index (χ1) is 12.8. The van der Waals surface area contributed by atoms with E-state index in [1.54, 1.807) is 0 Å². The van der Waals surface area contributed by atoms with Crippen LogP contribution in [0.2, 0.25) is 0 Å². The summed E-state index contributed by atoms with van der Waals surface area (Å²) in [5.41, 5.74) is 3.62. The van der Waals surface area contributed by atoms with Gasteiger partial charge in [-0.1, -0.05) is 12.2 Å². The van der Waals surface area contributed by atoms with Gasteiger partial charge in [0.1, 0.15) is 11.1 Å². The van der Waals surface area contributed by atoms with Gasteiger partial charge >= 0.3 is 0 Å². The Hall–Kier alpha value is -0.880. The lowest BCUT2D eigenvalue weighted by molar-refractivity contribution is -0.120. The van der Waals surface area contributed by atoms with Gasteiger partial charge in [-0.25, -0.2) is 0 Å². The molecule has 150 valence electrons. The summed E-state index contributed by atoms with van der Waals surface area (Å²) in [4.78, 5) is 12.2. The zero-order valence-electron chi connectivity index (χ0n) is 15.0. The number of carbonyl (C=O) groups excluding carboxylic acids is 1. The Bertz CT molecular complexity index is 629. The van der Waals surface area contributed by atoms with Crippen LogP contribution in [-0.2, 0) is 4.79 Å². The summed E-state index contributed by atoms with van der Waals surface area (Å²) < 4.78 is 0. The maximum Gasteiger partial charge on any atom is 0.265 e. The summed E-state index contributed by atoms with van der Waals surface area (Å²) >= 11 is 23.1. The molecule has 0 aliphatic heterocycles. The normalized spacial score (nSPS) is 30.3. The number of nitrogens with zero attached hydrogens (tertiary/aromatic N) is 1. The number of primary amides is 1. The fourth-order valence-electron chi connectivity index (χ4n) is 3.57. The van der Waals surface area contributed by atoms with Crippen molar-refractivity contribution in [2.75, 3.05) is 0 Å². The fraction of sp³-hybridized carbons (Fsp3) is 0.765. The molecule has 2 rings (SSSR count). The molecule has 27 heavy (non-hydrogen) atoms. The van der Waals surface area contributed by atoms with Crippen molar-refractivity contribution >= 4 is 63.6 Å². The van der Waals surface area contributed by atoms with Crippen molar-refractivity contribution in [1.82, 2.24) is 16.0 Å². The van der Waals surface area contributed by atoms with Gasteiger partial charge in [0.15, 0.2) is 5.11 Å². The van der Waals surface area contributed by atoms with Crippen molar-refractivity contribution < 1.29 is 4.79 Å². The predicted molar refractivity (Wildman–Crippen MR) is 116 cm³/mol. The molecule has 0 aromatic carbocycles. The number of hydrogen-bond acceptors (Lipinski definition) is 4. The van der Waals surface area contributed by atoms with Crippen LogP contribution in [0.1, 0.15) is 51.4 Å². The highest BCUT2D eigenvalue weighted by atomic mass is 35.5. The third-order valence-electron chi connectivity index (χ3n) is 5.07. The number of amides is 1. The SMILES string of the molecule is N#C[C@@](NC(=S)NC1CCCC(Cl)C1)(C(N)=O)C(=S)NC1CCCC(Cl)C1. The molecule has 0 saturated heterocycles. The molecule has 0 bridgehead atoms. The number of nitrogens with two attached hydrogens (primary N) is 1.